The Hall–Kier alpha value is -3.61. The molecule has 0 fully saturated rings. The molecule has 0 aliphatic rings. The van der Waals surface area contributed by atoms with Crippen LogP contribution in [0.1, 0.15) is 30.0 Å². The smallest absolute Gasteiger partial charge is 0.341 e. The Morgan fingerprint density at radius 2 is 1.97 bits per heavy atom. The lowest BCUT2D eigenvalue weighted by molar-refractivity contribution is 0.0527. The highest BCUT2D eigenvalue weighted by Crippen LogP contribution is 2.30. The number of fused-ring (bicyclic) bond motifs is 2. The maximum absolute atomic E-state index is 12.5. The van der Waals surface area contributed by atoms with Crippen molar-refractivity contribution in [1.82, 2.24) is 15.0 Å². The highest BCUT2D eigenvalue weighted by atomic mass is 16.5. The SMILES string of the molecule is CCOC(=O)c1cnc2ccc(OCC)cc2c1NCCc1nc2ccccc2[nH]1. The number of para-hydroxylation sites is 2. The number of carbonyl (C=O) groups excluding carboxylic acids is 1. The number of nitrogens with one attached hydrogen (secondary N) is 2. The van der Waals surface area contributed by atoms with Crippen molar-refractivity contribution >= 4 is 33.6 Å². The molecule has 30 heavy (non-hydrogen) atoms. The molecule has 0 bridgehead atoms. The lowest BCUT2D eigenvalue weighted by Gasteiger charge is -2.14. The maximum atomic E-state index is 12.5. The summed E-state index contributed by atoms with van der Waals surface area (Å²) < 4.78 is 10.9. The van der Waals surface area contributed by atoms with Gasteiger partial charge < -0.3 is 19.8 Å². The zero-order valence-electron chi connectivity index (χ0n) is 17.1. The lowest BCUT2D eigenvalue weighted by atomic mass is 10.1. The summed E-state index contributed by atoms with van der Waals surface area (Å²) >= 11 is 0. The summed E-state index contributed by atoms with van der Waals surface area (Å²) in [6, 6.07) is 13.6. The number of imidazole rings is 1. The van der Waals surface area contributed by atoms with Gasteiger partial charge in [0.2, 0.25) is 0 Å². The second-order valence-electron chi connectivity index (χ2n) is 6.76. The molecule has 2 heterocycles. The molecule has 0 amide bonds. The van der Waals surface area contributed by atoms with Gasteiger partial charge in [0.1, 0.15) is 17.1 Å². The van der Waals surface area contributed by atoms with Crippen molar-refractivity contribution in [2.45, 2.75) is 20.3 Å². The van der Waals surface area contributed by atoms with E-state index in [1.54, 1.807) is 13.1 Å². The zero-order valence-corrected chi connectivity index (χ0v) is 17.1. The highest BCUT2D eigenvalue weighted by Gasteiger charge is 2.17. The van der Waals surface area contributed by atoms with E-state index in [2.05, 4.69) is 20.3 Å². The van der Waals surface area contributed by atoms with Gasteiger partial charge in [0.05, 0.1) is 35.5 Å². The van der Waals surface area contributed by atoms with Crippen molar-refractivity contribution < 1.29 is 14.3 Å². The third-order valence-corrected chi connectivity index (χ3v) is 4.75. The first-order chi connectivity index (χ1) is 14.7. The van der Waals surface area contributed by atoms with Gasteiger partial charge in [0.15, 0.2) is 0 Å². The molecule has 0 saturated carbocycles. The minimum atomic E-state index is -0.403. The fourth-order valence-electron chi connectivity index (χ4n) is 3.41. The summed E-state index contributed by atoms with van der Waals surface area (Å²) in [6.07, 6.45) is 2.23. The van der Waals surface area contributed by atoms with E-state index in [4.69, 9.17) is 9.47 Å². The van der Waals surface area contributed by atoms with E-state index >= 15 is 0 Å². The average Bonchev–Trinajstić information content (AvgIpc) is 3.17. The van der Waals surface area contributed by atoms with Gasteiger partial charge in [-0.1, -0.05) is 12.1 Å². The van der Waals surface area contributed by atoms with E-state index in [0.717, 1.165) is 33.5 Å². The van der Waals surface area contributed by atoms with E-state index in [0.29, 0.717) is 37.4 Å². The summed E-state index contributed by atoms with van der Waals surface area (Å²) in [5.41, 5.74) is 3.82. The standard InChI is InChI=1S/C23H24N4O3/c1-3-29-15-9-10-18-16(13-15)22(17(14-25-18)23(28)30-4-2)24-12-11-21-26-19-7-5-6-8-20(19)27-21/h5-10,13-14H,3-4,11-12H2,1-2H3,(H,24,25)(H,26,27). The number of hydrogen-bond acceptors (Lipinski definition) is 6. The first-order valence-electron chi connectivity index (χ1n) is 10.1. The number of aromatic nitrogens is 3. The number of esters is 1. The van der Waals surface area contributed by atoms with Crippen molar-refractivity contribution in [2.75, 3.05) is 25.1 Å². The Labute approximate surface area is 174 Å². The maximum Gasteiger partial charge on any atom is 0.341 e. The van der Waals surface area contributed by atoms with E-state index in [1.807, 2.05) is 49.4 Å². The summed E-state index contributed by atoms with van der Waals surface area (Å²) in [4.78, 5) is 24.9. The second-order valence-corrected chi connectivity index (χ2v) is 6.76. The Balaban J connectivity index is 1.63. The number of H-pyrrole nitrogens is 1. The van der Waals surface area contributed by atoms with Gasteiger partial charge in [-0.2, -0.15) is 0 Å². The molecular formula is C23H24N4O3. The molecule has 7 nitrogen and oxygen atoms in total. The van der Waals surface area contributed by atoms with Crippen molar-refractivity contribution in [3.05, 3.63) is 60.0 Å². The van der Waals surface area contributed by atoms with Gasteiger partial charge >= 0.3 is 5.97 Å². The molecule has 154 valence electrons. The van der Waals surface area contributed by atoms with Crippen LogP contribution in [0.5, 0.6) is 5.75 Å². The quantitative estimate of drug-likeness (QED) is 0.425. The number of nitrogens with zero attached hydrogens (tertiary/aromatic N) is 2. The molecule has 0 radical (unpaired) electrons. The Morgan fingerprint density at radius 3 is 2.77 bits per heavy atom. The van der Waals surface area contributed by atoms with Crippen LogP contribution < -0.4 is 10.1 Å². The number of pyridine rings is 1. The number of anilines is 1. The lowest BCUT2D eigenvalue weighted by Crippen LogP contribution is -2.13. The number of aromatic amines is 1. The van der Waals surface area contributed by atoms with Gasteiger partial charge in [-0.25, -0.2) is 9.78 Å². The second kappa shape index (κ2) is 8.82. The molecule has 2 aromatic heterocycles. The van der Waals surface area contributed by atoms with Gasteiger partial charge in [-0.15, -0.1) is 0 Å². The summed E-state index contributed by atoms with van der Waals surface area (Å²) in [5.74, 6) is 1.21. The molecule has 2 aromatic carbocycles. The van der Waals surface area contributed by atoms with E-state index < -0.39 is 5.97 Å². The van der Waals surface area contributed by atoms with Crippen LogP contribution >= 0.6 is 0 Å². The number of rotatable bonds is 8. The third-order valence-electron chi connectivity index (χ3n) is 4.75. The largest absolute Gasteiger partial charge is 0.494 e. The van der Waals surface area contributed by atoms with Crippen LogP contribution in [-0.4, -0.2) is 40.7 Å². The Bertz CT molecular complexity index is 1150. The van der Waals surface area contributed by atoms with Gasteiger partial charge in [-0.3, -0.25) is 4.98 Å². The van der Waals surface area contributed by atoms with Crippen molar-refractivity contribution in [1.29, 1.82) is 0 Å². The molecule has 0 unspecified atom stereocenters. The van der Waals surface area contributed by atoms with Gasteiger partial charge in [0, 0.05) is 24.5 Å². The summed E-state index contributed by atoms with van der Waals surface area (Å²) in [7, 11) is 0. The van der Waals surface area contributed by atoms with Crippen LogP contribution in [0.4, 0.5) is 5.69 Å². The first kappa shape index (κ1) is 19.7. The minimum absolute atomic E-state index is 0.300. The molecule has 4 rings (SSSR count). The van der Waals surface area contributed by atoms with E-state index in [-0.39, 0.29) is 0 Å². The molecule has 0 saturated heterocycles. The van der Waals surface area contributed by atoms with Crippen LogP contribution in [0.15, 0.2) is 48.7 Å². The fraction of sp³-hybridized carbons (Fsp3) is 0.261. The monoisotopic (exact) mass is 404 g/mol. The fourth-order valence-corrected chi connectivity index (χ4v) is 3.41. The van der Waals surface area contributed by atoms with Crippen LogP contribution in [0.25, 0.3) is 21.9 Å². The molecule has 0 aliphatic carbocycles. The molecule has 4 aromatic rings. The van der Waals surface area contributed by atoms with Crippen LogP contribution in [0.2, 0.25) is 0 Å². The molecule has 0 spiro atoms. The van der Waals surface area contributed by atoms with Crippen LogP contribution in [0, 0.1) is 0 Å². The number of ether oxygens (including phenoxy) is 2. The van der Waals surface area contributed by atoms with Crippen LogP contribution in [-0.2, 0) is 11.2 Å². The molecule has 0 aliphatic heterocycles. The normalized spacial score (nSPS) is 11.0. The average molecular weight is 404 g/mol. The topological polar surface area (TPSA) is 89.1 Å². The highest BCUT2D eigenvalue weighted by molar-refractivity contribution is 6.05. The van der Waals surface area contributed by atoms with Gasteiger partial charge in [-0.05, 0) is 44.2 Å². The molecule has 2 N–H and O–H groups in total. The molecule has 7 heteroatoms. The van der Waals surface area contributed by atoms with E-state index in [1.165, 1.54) is 0 Å². The molecular weight excluding hydrogens is 380 g/mol. The van der Waals surface area contributed by atoms with Crippen molar-refractivity contribution in [3.63, 3.8) is 0 Å². The van der Waals surface area contributed by atoms with Gasteiger partial charge in [0.25, 0.3) is 0 Å². The molecule has 0 atom stereocenters. The summed E-state index contributed by atoms with van der Waals surface area (Å²) in [5, 5.41) is 4.22. The zero-order chi connectivity index (χ0) is 20.9. The first-order valence-corrected chi connectivity index (χ1v) is 10.1. The van der Waals surface area contributed by atoms with Crippen molar-refractivity contribution in [3.8, 4) is 5.75 Å². The number of hydrogen-bond donors (Lipinski definition) is 2. The Morgan fingerprint density at radius 1 is 1.10 bits per heavy atom. The Kier molecular flexibility index (Phi) is 5.79. The van der Waals surface area contributed by atoms with Crippen LogP contribution in [0.3, 0.4) is 0 Å². The third kappa shape index (κ3) is 4.05. The van der Waals surface area contributed by atoms with E-state index in [9.17, 15) is 4.79 Å². The summed E-state index contributed by atoms with van der Waals surface area (Å²) in [6.45, 7) is 5.17. The predicted molar refractivity (Wildman–Crippen MR) is 117 cm³/mol. The minimum Gasteiger partial charge on any atom is -0.494 e. The predicted octanol–water partition coefficient (Wildman–Crippen LogP) is 4.34. The van der Waals surface area contributed by atoms with Crippen molar-refractivity contribution in [2.24, 2.45) is 0 Å². The number of carbonyl (C=O) groups is 1. The number of benzene rings is 2.